The lowest BCUT2D eigenvalue weighted by Crippen LogP contribution is -2.36. The first-order chi connectivity index (χ1) is 16.3. The Balaban J connectivity index is 1.60. The highest BCUT2D eigenvalue weighted by Crippen LogP contribution is 2.40. The van der Waals surface area contributed by atoms with E-state index < -0.39 is 24.0 Å². The number of alkyl halides is 1. The smallest absolute Gasteiger partial charge is 0.250 e. The summed E-state index contributed by atoms with van der Waals surface area (Å²) in [6.45, 7) is 5.05. The van der Waals surface area contributed by atoms with Gasteiger partial charge in [-0.25, -0.2) is 9.37 Å². The van der Waals surface area contributed by atoms with E-state index in [9.17, 15) is 9.90 Å². The minimum absolute atomic E-state index is 0.0321. The SMILES string of the molecule is CC1C(c2cc(C3(C)CCOCC3)cnc2N)=CC=C(C(=O)N[C@H](CO)c2ccccc2)C1F. The molecule has 2 heterocycles. The van der Waals surface area contributed by atoms with E-state index in [1.807, 2.05) is 36.4 Å². The Morgan fingerprint density at radius 3 is 2.68 bits per heavy atom. The molecule has 3 atom stereocenters. The Morgan fingerprint density at radius 1 is 1.29 bits per heavy atom. The fourth-order valence-electron chi connectivity index (χ4n) is 4.69. The number of pyridine rings is 1. The second kappa shape index (κ2) is 10.1. The molecule has 180 valence electrons. The molecule has 1 aliphatic heterocycles. The largest absolute Gasteiger partial charge is 0.394 e. The van der Waals surface area contributed by atoms with Gasteiger partial charge in [-0.1, -0.05) is 56.3 Å². The maximum absolute atomic E-state index is 15.5. The highest BCUT2D eigenvalue weighted by Gasteiger charge is 2.35. The maximum Gasteiger partial charge on any atom is 0.250 e. The average molecular weight is 466 g/mol. The van der Waals surface area contributed by atoms with Crippen molar-refractivity contribution in [1.29, 1.82) is 0 Å². The fraction of sp³-hybridized carbons (Fsp3) is 0.407. The van der Waals surface area contributed by atoms with Crippen LogP contribution in [0.1, 0.15) is 49.4 Å². The summed E-state index contributed by atoms with van der Waals surface area (Å²) in [7, 11) is 0. The summed E-state index contributed by atoms with van der Waals surface area (Å²) in [5.74, 6) is -0.778. The van der Waals surface area contributed by atoms with E-state index >= 15 is 4.39 Å². The third-order valence-electron chi connectivity index (χ3n) is 7.14. The number of anilines is 1. The summed E-state index contributed by atoms with van der Waals surface area (Å²) in [5.41, 5.74) is 9.41. The Labute approximate surface area is 199 Å². The Bertz CT molecular complexity index is 1090. The van der Waals surface area contributed by atoms with Crippen molar-refractivity contribution in [1.82, 2.24) is 10.3 Å². The number of amides is 1. The van der Waals surface area contributed by atoms with Gasteiger partial charge in [-0.05, 0) is 41.0 Å². The van der Waals surface area contributed by atoms with Crippen LogP contribution in [0.25, 0.3) is 5.57 Å². The van der Waals surface area contributed by atoms with Gasteiger partial charge in [0.15, 0.2) is 0 Å². The molecular formula is C27H32FN3O3. The summed E-state index contributed by atoms with van der Waals surface area (Å²) < 4.78 is 21.1. The number of ether oxygens (including phenoxy) is 1. The normalized spacial score (nSPS) is 22.9. The highest BCUT2D eigenvalue weighted by molar-refractivity contribution is 5.97. The lowest BCUT2D eigenvalue weighted by molar-refractivity contribution is -0.119. The van der Waals surface area contributed by atoms with Crippen LogP contribution in [-0.4, -0.2) is 42.0 Å². The molecule has 0 saturated carbocycles. The molecule has 0 bridgehead atoms. The van der Waals surface area contributed by atoms with Crippen molar-refractivity contribution in [2.45, 2.75) is 44.3 Å². The first-order valence-corrected chi connectivity index (χ1v) is 11.7. The van der Waals surface area contributed by atoms with Gasteiger partial charge in [0.05, 0.1) is 18.2 Å². The molecule has 2 aliphatic rings. The van der Waals surface area contributed by atoms with Crippen molar-refractivity contribution in [3.05, 3.63) is 77.0 Å². The Kier molecular flexibility index (Phi) is 7.14. The van der Waals surface area contributed by atoms with E-state index in [2.05, 4.69) is 17.2 Å². The van der Waals surface area contributed by atoms with Crippen molar-refractivity contribution in [3.63, 3.8) is 0 Å². The van der Waals surface area contributed by atoms with Crippen molar-refractivity contribution < 1.29 is 19.0 Å². The van der Waals surface area contributed by atoms with Crippen LogP contribution in [0, 0.1) is 5.92 Å². The minimum atomic E-state index is -1.52. The molecule has 1 aromatic carbocycles. The number of carbonyl (C=O) groups excluding carboxylic acids is 1. The number of benzene rings is 1. The molecule has 34 heavy (non-hydrogen) atoms. The molecule has 4 N–H and O–H groups in total. The van der Waals surface area contributed by atoms with E-state index in [0.717, 1.165) is 24.0 Å². The van der Waals surface area contributed by atoms with Crippen LogP contribution in [0.15, 0.2) is 60.3 Å². The first-order valence-electron chi connectivity index (χ1n) is 11.7. The number of aromatic nitrogens is 1. The van der Waals surface area contributed by atoms with E-state index in [-0.39, 0.29) is 17.6 Å². The van der Waals surface area contributed by atoms with Crippen LogP contribution < -0.4 is 11.1 Å². The van der Waals surface area contributed by atoms with Gasteiger partial charge in [-0.3, -0.25) is 4.79 Å². The van der Waals surface area contributed by atoms with Crippen LogP contribution in [0.5, 0.6) is 0 Å². The molecule has 1 fully saturated rings. The number of aliphatic hydroxyl groups is 1. The number of nitrogens with zero attached hydrogens (tertiary/aromatic N) is 1. The van der Waals surface area contributed by atoms with Crippen molar-refractivity contribution >= 4 is 17.3 Å². The number of rotatable bonds is 6. The number of nitrogens with two attached hydrogens (primary N) is 1. The predicted molar refractivity (Wildman–Crippen MR) is 131 cm³/mol. The van der Waals surface area contributed by atoms with Gasteiger partial charge in [0, 0.05) is 30.9 Å². The lowest BCUT2D eigenvalue weighted by atomic mass is 9.75. The van der Waals surface area contributed by atoms with Crippen molar-refractivity contribution in [2.24, 2.45) is 5.92 Å². The van der Waals surface area contributed by atoms with Gasteiger partial charge in [-0.15, -0.1) is 0 Å². The topological polar surface area (TPSA) is 97.5 Å². The lowest BCUT2D eigenvalue weighted by Gasteiger charge is -2.34. The van der Waals surface area contributed by atoms with E-state index in [0.29, 0.717) is 30.2 Å². The van der Waals surface area contributed by atoms with E-state index in [4.69, 9.17) is 10.5 Å². The van der Waals surface area contributed by atoms with Crippen LogP contribution in [0.4, 0.5) is 10.2 Å². The summed E-state index contributed by atoms with van der Waals surface area (Å²) in [6, 6.07) is 10.5. The number of hydrogen-bond acceptors (Lipinski definition) is 5. The predicted octanol–water partition coefficient (Wildman–Crippen LogP) is 3.88. The quantitative estimate of drug-likeness (QED) is 0.602. The number of allylic oxidation sites excluding steroid dienone is 3. The van der Waals surface area contributed by atoms with Crippen molar-refractivity contribution in [2.75, 3.05) is 25.6 Å². The summed E-state index contributed by atoms with van der Waals surface area (Å²) in [4.78, 5) is 17.3. The van der Waals surface area contributed by atoms with Gasteiger partial charge in [-0.2, -0.15) is 0 Å². The van der Waals surface area contributed by atoms with Crippen LogP contribution >= 0.6 is 0 Å². The molecule has 1 saturated heterocycles. The van der Waals surface area contributed by atoms with Crippen LogP contribution in [0.2, 0.25) is 0 Å². The molecule has 1 amide bonds. The number of halogens is 1. The molecule has 0 radical (unpaired) electrons. The van der Waals surface area contributed by atoms with Crippen LogP contribution in [0.3, 0.4) is 0 Å². The summed E-state index contributed by atoms with van der Waals surface area (Å²) >= 11 is 0. The maximum atomic E-state index is 15.5. The molecule has 1 aliphatic carbocycles. The molecule has 0 spiro atoms. The molecule has 2 unspecified atom stereocenters. The number of carbonyl (C=O) groups is 1. The fourth-order valence-corrected chi connectivity index (χ4v) is 4.69. The minimum Gasteiger partial charge on any atom is -0.394 e. The second-order valence-corrected chi connectivity index (χ2v) is 9.38. The number of aliphatic hydroxyl groups excluding tert-OH is 1. The second-order valence-electron chi connectivity index (χ2n) is 9.38. The number of hydrogen-bond donors (Lipinski definition) is 3. The zero-order valence-electron chi connectivity index (χ0n) is 19.6. The van der Waals surface area contributed by atoms with E-state index in [1.54, 1.807) is 19.2 Å². The molecule has 1 aromatic heterocycles. The molecule has 6 nitrogen and oxygen atoms in total. The summed E-state index contributed by atoms with van der Waals surface area (Å²) in [6.07, 6.45) is 5.33. The van der Waals surface area contributed by atoms with Crippen LogP contribution in [-0.2, 0) is 14.9 Å². The highest BCUT2D eigenvalue weighted by atomic mass is 19.1. The summed E-state index contributed by atoms with van der Waals surface area (Å²) in [5, 5.41) is 12.5. The Hall–Kier alpha value is -3.03. The standard InChI is InChI=1S/C27H32FN3O3/c1-17-20(22-14-19(15-30-25(22)29)27(2)10-12-34-13-11-27)8-9-21(24(17)28)26(33)31-23(16-32)18-6-4-3-5-7-18/h3-9,14-15,17,23-24,32H,10-13,16H2,1-2H3,(H2,29,30)(H,31,33)/t17?,23-,24?/m1/s1. The molecule has 2 aromatic rings. The molecule has 4 rings (SSSR count). The molecule has 7 heteroatoms. The Morgan fingerprint density at radius 2 is 2.00 bits per heavy atom. The first kappa shape index (κ1) is 24.1. The zero-order chi connectivity index (χ0) is 24.3. The van der Waals surface area contributed by atoms with Gasteiger partial charge in [0.2, 0.25) is 0 Å². The zero-order valence-corrected chi connectivity index (χ0v) is 19.6. The molecular weight excluding hydrogens is 433 g/mol. The number of nitrogen functional groups attached to an aromatic ring is 1. The number of nitrogens with one attached hydrogen (secondary N) is 1. The third-order valence-corrected chi connectivity index (χ3v) is 7.14. The van der Waals surface area contributed by atoms with Gasteiger partial charge >= 0.3 is 0 Å². The monoisotopic (exact) mass is 465 g/mol. The van der Waals surface area contributed by atoms with Gasteiger partial charge in [0.1, 0.15) is 12.0 Å². The van der Waals surface area contributed by atoms with Gasteiger partial charge < -0.3 is 20.9 Å². The van der Waals surface area contributed by atoms with E-state index in [1.165, 1.54) is 6.08 Å². The van der Waals surface area contributed by atoms with Crippen molar-refractivity contribution in [3.8, 4) is 0 Å². The third kappa shape index (κ3) is 4.76. The average Bonchev–Trinajstić information content (AvgIpc) is 2.85. The van der Waals surface area contributed by atoms with Gasteiger partial charge in [0.25, 0.3) is 5.91 Å².